The minimum Gasteiger partial charge on any atom is -0.497 e. The predicted octanol–water partition coefficient (Wildman–Crippen LogP) is 3.18. The number of hydrogen-bond donors (Lipinski definition) is 1. The van der Waals surface area contributed by atoms with E-state index in [4.69, 9.17) is 14.2 Å². The van der Waals surface area contributed by atoms with Crippen molar-refractivity contribution >= 4 is 35.1 Å². The van der Waals surface area contributed by atoms with Gasteiger partial charge in [0.25, 0.3) is 5.91 Å². The Labute approximate surface area is 197 Å². The first-order chi connectivity index (χ1) is 16.4. The van der Waals surface area contributed by atoms with Gasteiger partial charge in [-0.15, -0.1) is 0 Å². The van der Waals surface area contributed by atoms with Gasteiger partial charge in [0.15, 0.2) is 6.61 Å². The van der Waals surface area contributed by atoms with Crippen molar-refractivity contribution in [1.82, 2.24) is 0 Å². The van der Waals surface area contributed by atoms with Gasteiger partial charge in [0.1, 0.15) is 11.5 Å². The Morgan fingerprint density at radius 1 is 0.971 bits per heavy atom. The molecule has 0 spiro atoms. The number of anilines is 2. The fourth-order valence-corrected chi connectivity index (χ4v) is 4.50. The zero-order valence-electron chi connectivity index (χ0n) is 19.0. The Hall–Kier alpha value is -3.88. The molecule has 0 aromatic heterocycles. The van der Waals surface area contributed by atoms with Crippen LogP contribution in [0.15, 0.2) is 42.5 Å². The number of rotatable bonds is 7. The minimum atomic E-state index is -0.744. The SMILES string of the molecule is COc1ccc(OC)c(NC(=O)COC(=O)c2cccc(N3C(=O)[C@H]4CCCC[C@@H]4C3=O)c2)c1. The molecular weight excluding hydrogens is 440 g/mol. The molecule has 34 heavy (non-hydrogen) atoms. The molecule has 1 saturated heterocycles. The number of nitrogens with one attached hydrogen (secondary N) is 1. The number of ether oxygens (including phenoxy) is 3. The molecule has 2 fully saturated rings. The summed E-state index contributed by atoms with van der Waals surface area (Å²) in [5.41, 5.74) is 0.849. The number of hydrogen-bond acceptors (Lipinski definition) is 7. The van der Waals surface area contributed by atoms with E-state index in [0.29, 0.717) is 35.7 Å². The van der Waals surface area contributed by atoms with Crippen LogP contribution in [-0.2, 0) is 19.1 Å². The molecular formula is C25H26N2O7. The molecule has 1 saturated carbocycles. The monoisotopic (exact) mass is 466 g/mol. The number of imide groups is 1. The van der Waals surface area contributed by atoms with E-state index in [9.17, 15) is 19.2 Å². The molecule has 2 atom stereocenters. The molecule has 0 radical (unpaired) electrons. The maximum Gasteiger partial charge on any atom is 0.338 e. The van der Waals surface area contributed by atoms with E-state index in [-0.39, 0.29) is 29.2 Å². The van der Waals surface area contributed by atoms with E-state index in [2.05, 4.69) is 5.32 Å². The Morgan fingerprint density at radius 3 is 2.32 bits per heavy atom. The van der Waals surface area contributed by atoms with E-state index in [0.717, 1.165) is 12.8 Å². The summed E-state index contributed by atoms with van der Waals surface area (Å²) in [6.45, 7) is -0.533. The first-order valence-electron chi connectivity index (χ1n) is 11.1. The molecule has 1 aliphatic heterocycles. The van der Waals surface area contributed by atoms with Crippen LogP contribution in [0, 0.1) is 11.8 Å². The highest BCUT2D eigenvalue weighted by Crippen LogP contribution is 2.40. The number of carbonyl (C=O) groups is 4. The van der Waals surface area contributed by atoms with Crippen molar-refractivity contribution in [2.75, 3.05) is 31.0 Å². The second kappa shape index (κ2) is 9.94. The van der Waals surface area contributed by atoms with Crippen LogP contribution in [0.2, 0.25) is 0 Å². The van der Waals surface area contributed by atoms with Crippen LogP contribution in [0.5, 0.6) is 11.5 Å². The Balaban J connectivity index is 1.41. The van der Waals surface area contributed by atoms with Crippen LogP contribution in [0.25, 0.3) is 0 Å². The number of fused-ring (bicyclic) bond motifs is 1. The van der Waals surface area contributed by atoms with E-state index >= 15 is 0 Å². The van der Waals surface area contributed by atoms with Crippen molar-refractivity contribution in [3.63, 3.8) is 0 Å². The quantitative estimate of drug-likeness (QED) is 0.493. The van der Waals surface area contributed by atoms with E-state index in [1.54, 1.807) is 30.3 Å². The number of amides is 3. The Kier molecular flexibility index (Phi) is 6.81. The number of methoxy groups -OCH3 is 2. The van der Waals surface area contributed by atoms with Crippen LogP contribution in [0.4, 0.5) is 11.4 Å². The lowest BCUT2D eigenvalue weighted by molar-refractivity contribution is -0.122. The van der Waals surface area contributed by atoms with Crippen molar-refractivity contribution in [2.45, 2.75) is 25.7 Å². The standard InChI is InChI=1S/C25H26N2O7/c1-32-17-10-11-21(33-2)20(13-17)26-22(28)14-34-25(31)15-6-5-7-16(12-15)27-23(29)18-8-3-4-9-19(18)24(27)30/h5-7,10-13,18-19H,3-4,8-9,14H2,1-2H3,(H,26,28)/t18-,19-/m0/s1. The summed E-state index contributed by atoms with van der Waals surface area (Å²) in [5.74, 6) is -1.36. The van der Waals surface area contributed by atoms with Crippen LogP contribution in [-0.4, -0.2) is 44.5 Å². The third-order valence-corrected chi connectivity index (χ3v) is 6.20. The molecule has 0 unspecified atom stereocenters. The van der Waals surface area contributed by atoms with Gasteiger partial charge in [0, 0.05) is 6.07 Å². The maximum atomic E-state index is 12.8. The minimum absolute atomic E-state index is 0.139. The number of benzene rings is 2. The summed E-state index contributed by atoms with van der Waals surface area (Å²) < 4.78 is 15.5. The first kappa shape index (κ1) is 23.3. The lowest BCUT2D eigenvalue weighted by atomic mass is 9.81. The molecule has 1 N–H and O–H groups in total. The lowest BCUT2D eigenvalue weighted by Gasteiger charge is -2.19. The zero-order valence-corrected chi connectivity index (χ0v) is 19.0. The summed E-state index contributed by atoms with van der Waals surface area (Å²) in [7, 11) is 2.97. The smallest absolute Gasteiger partial charge is 0.338 e. The lowest BCUT2D eigenvalue weighted by Crippen LogP contribution is -2.31. The van der Waals surface area contributed by atoms with Gasteiger partial charge in [-0.25, -0.2) is 4.79 Å². The van der Waals surface area contributed by atoms with E-state index < -0.39 is 18.5 Å². The molecule has 0 bridgehead atoms. The van der Waals surface area contributed by atoms with Gasteiger partial charge in [-0.1, -0.05) is 18.9 Å². The van der Waals surface area contributed by atoms with Gasteiger partial charge < -0.3 is 19.5 Å². The number of nitrogens with zero attached hydrogens (tertiary/aromatic N) is 1. The van der Waals surface area contributed by atoms with E-state index in [1.165, 1.54) is 31.3 Å². The highest BCUT2D eigenvalue weighted by atomic mass is 16.5. The number of carbonyl (C=O) groups excluding carboxylic acids is 4. The maximum absolute atomic E-state index is 12.8. The number of esters is 1. The predicted molar refractivity (Wildman–Crippen MR) is 123 cm³/mol. The van der Waals surface area contributed by atoms with E-state index in [1.807, 2.05) is 0 Å². The van der Waals surface area contributed by atoms with Gasteiger partial charge in [0.2, 0.25) is 11.8 Å². The molecule has 2 aliphatic rings. The molecule has 2 aromatic carbocycles. The summed E-state index contributed by atoms with van der Waals surface area (Å²) in [4.78, 5) is 51.8. The van der Waals surface area contributed by atoms with Crippen molar-refractivity contribution in [3.05, 3.63) is 48.0 Å². The highest BCUT2D eigenvalue weighted by molar-refractivity contribution is 6.22. The Bertz CT molecular complexity index is 1110. The Morgan fingerprint density at radius 2 is 1.68 bits per heavy atom. The normalized spacial score (nSPS) is 19.4. The largest absolute Gasteiger partial charge is 0.497 e. The second-order valence-electron chi connectivity index (χ2n) is 8.25. The molecule has 2 aromatic rings. The highest BCUT2D eigenvalue weighted by Gasteiger charge is 2.48. The molecule has 1 aliphatic carbocycles. The summed E-state index contributed by atoms with van der Waals surface area (Å²) in [5, 5.41) is 2.62. The topological polar surface area (TPSA) is 111 Å². The van der Waals surface area contributed by atoms with Gasteiger partial charge in [-0.3, -0.25) is 19.3 Å². The van der Waals surface area contributed by atoms with Crippen molar-refractivity contribution < 1.29 is 33.4 Å². The third kappa shape index (κ3) is 4.59. The summed E-state index contributed by atoms with van der Waals surface area (Å²) in [6.07, 6.45) is 3.29. The molecule has 178 valence electrons. The molecule has 9 heteroatoms. The second-order valence-corrected chi connectivity index (χ2v) is 8.25. The van der Waals surface area contributed by atoms with Gasteiger partial charge in [0.05, 0.1) is 43.0 Å². The van der Waals surface area contributed by atoms with Crippen LogP contribution in [0.1, 0.15) is 36.0 Å². The first-order valence-corrected chi connectivity index (χ1v) is 11.1. The van der Waals surface area contributed by atoms with Gasteiger partial charge in [-0.2, -0.15) is 0 Å². The summed E-state index contributed by atoms with van der Waals surface area (Å²) in [6, 6.07) is 11.1. The van der Waals surface area contributed by atoms with Crippen molar-refractivity contribution in [2.24, 2.45) is 11.8 Å². The van der Waals surface area contributed by atoms with Gasteiger partial charge in [-0.05, 0) is 43.2 Å². The van der Waals surface area contributed by atoms with Crippen LogP contribution < -0.4 is 19.7 Å². The third-order valence-electron chi connectivity index (χ3n) is 6.20. The van der Waals surface area contributed by atoms with Crippen LogP contribution in [0.3, 0.4) is 0 Å². The van der Waals surface area contributed by atoms with Crippen LogP contribution >= 0.6 is 0 Å². The van der Waals surface area contributed by atoms with Crippen molar-refractivity contribution in [3.8, 4) is 11.5 Å². The van der Waals surface area contributed by atoms with Gasteiger partial charge >= 0.3 is 5.97 Å². The molecule has 4 rings (SSSR count). The molecule has 1 heterocycles. The zero-order chi connectivity index (χ0) is 24.2. The summed E-state index contributed by atoms with van der Waals surface area (Å²) >= 11 is 0. The fraction of sp³-hybridized carbons (Fsp3) is 0.360. The average molecular weight is 466 g/mol. The molecule has 3 amide bonds. The average Bonchev–Trinajstić information content (AvgIpc) is 3.12. The van der Waals surface area contributed by atoms with Crippen molar-refractivity contribution in [1.29, 1.82) is 0 Å². The fourth-order valence-electron chi connectivity index (χ4n) is 4.50. The molecule has 9 nitrogen and oxygen atoms in total.